The third-order valence-electron chi connectivity index (χ3n) is 3.36. The van der Waals surface area contributed by atoms with Crippen molar-refractivity contribution in [2.45, 2.75) is 6.92 Å². The number of rotatable bonds is 4. The van der Waals surface area contributed by atoms with Crippen LogP contribution < -0.4 is 0 Å². The summed E-state index contributed by atoms with van der Waals surface area (Å²) < 4.78 is 19.6. The SMILES string of the molecule is CCOC(=O)c1cc2ccccc2n1N=Cc1ccc(F)cc1. The molecule has 0 bridgehead atoms. The average molecular weight is 310 g/mol. The molecule has 116 valence electrons. The van der Waals surface area contributed by atoms with E-state index in [2.05, 4.69) is 5.10 Å². The fourth-order valence-corrected chi connectivity index (χ4v) is 2.29. The zero-order valence-corrected chi connectivity index (χ0v) is 12.6. The molecule has 0 atom stereocenters. The molecular weight excluding hydrogens is 295 g/mol. The first-order valence-electron chi connectivity index (χ1n) is 7.26. The summed E-state index contributed by atoms with van der Waals surface area (Å²) in [6.45, 7) is 2.05. The van der Waals surface area contributed by atoms with Crippen molar-refractivity contribution in [1.82, 2.24) is 4.68 Å². The normalized spacial score (nSPS) is 11.2. The summed E-state index contributed by atoms with van der Waals surface area (Å²) in [5.41, 5.74) is 1.89. The van der Waals surface area contributed by atoms with Crippen LogP contribution in [-0.4, -0.2) is 23.5 Å². The molecule has 1 heterocycles. The van der Waals surface area contributed by atoms with Gasteiger partial charge < -0.3 is 4.74 Å². The van der Waals surface area contributed by atoms with Gasteiger partial charge in [-0.3, -0.25) is 0 Å². The average Bonchev–Trinajstić information content (AvgIpc) is 2.93. The zero-order chi connectivity index (χ0) is 16.2. The van der Waals surface area contributed by atoms with Crippen molar-refractivity contribution in [1.29, 1.82) is 0 Å². The second-order valence-electron chi connectivity index (χ2n) is 4.92. The molecule has 3 aromatic rings. The van der Waals surface area contributed by atoms with Crippen LogP contribution in [-0.2, 0) is 4.74 Å². The number of benzene rings is 2. The van der Waals surface area contributed by atoms with Crippen LogP contribution >= 0.6 is 0 Å². The summed E-state index contributed by atoms with van der Waals surface area (Å²) in [7, 11) is 0. The maximum atomic E-state index is 13.0. The first-order valence-corrected chi connectivity index (χ1v) is 7.26. The van der Waals surface area contributed by atoms with Gasteiger partial charge in [-0.25, -0.2) is 13.9 Å². The van der Waals surface area contributed by atoms with Crippen LogP contribution in [0.4, 0.5) is 4.39 Å². The van der Waals surface area contributed by atoms with Crippen molar-refractivity contribution in [3.05, 3.63) is 71.7 Å². The summed E-state index contributed by atoms with van der Waals surface area (Å²) >= 11 is 0. The number of nitrogens with zero attached hydrogens (tertiary/aromatic N) is 2. The molecule has 0 radical (unpaired) electrons. The summed E-state index contributed by atoms with van der Waals surface area (Å²) in [5, 5.41) is 5.26. The van der Waals surface area contributed by atoms with Crippen molar-refractivity contribution in [3.8, 4) is 0 Å². The van der Waals surface area contributed by atoms with Crippen LogP contribution in [0.15, 0.2) is 59.7 Å². The van der Waals surface area contributed by atoms with E-state index < -0.39 is 5.97 Å². The van der Waals surface area contributed by atoms with Crippen molar-refractivity contribution >= 4 is 23.1 Å². The van der Waals surface area contributed by atoms with Gasteiger partial charge in [0.2, 0.25) is 0 Å². The molecule has 0 amide bonds. The minimum atomic E-state index is -0.431. The molecular formula is C18H15FN2O2. The Morgan fingerprint density at radius 3 is 2.70 bits per heavy atom. The summed E-state index contributed by atoms with van der Waals surface area (Å²) in [4.78, 5) is 12.1. The molecule has 23 heavy (non-hydrogen) atoms. The molecule has 0 aliphatic heterocycles. The minimum absolute atomic E-state index is 0.294. The molecule has 0 saturated carbocycles. The van der Waals surface area contributed by atoms with Crippen LogP contribution in [0.3, 0.4) is 0 Å². The Morgan fingerprint density at radius 2 is 1.96 bits per heavy atom. The highest BCUT2D eigenvalue weighted by molar-refractivity contribution is 5.96. The summed E-state index contributed by atoms with van der Waals surface area (Å²) in [6.07, 6.45) is 1.58. The number of aromatic nitrogens is 1. The van der Waals surface area contributed by atoms with E-state index in [4.69, 9.17) is 4.74 Å². The van der Waals surface area contributed by atoms with E-state index in [1.807, 2.05) is 24.3 Å². The lowest BCUT2D eigenvalue weighted by atomic mass is 10.2. The van der Waals surface area contributed by atoms with Crippen molar-refractivity contribution in [2.24, 2.45) is 5.10 Å². The van der Waals surface area contributed by atoms with Crippen LogP contribution in [0.1, 0.15) is 23.0 Å². The van der Waals surface area contributed by atoms with Gasteiger partial charge in [0.25, 0.3) is 0 Å². The van der Waals surface area contributed by atoms with Crippen molar-refractivity contribution in [2.75, 3.05) is 6.61 Å². The first-order chi connectivity index (χ1) is 11.2. The third-order valence-corrected chi connectivity index (χ3v) is 3.36. The molecule has 1 aromatic heterocycles. The Hall–Kier alpha value is -2.95. The summed E-state index contributed by atoms with van der Waals surface area (Å²) in [6, 6.07) is 15.3. The van der Waals surface area contributed by atoms with Crippen LogP contribution in [0, 0.1) is 5.82 Å². The Morgan fingerprint density at radius 1 is 1.22 bits per heavy atom. The number of hydrogen-bond donors (Lipinski definition) is 0. The number of halogens is 1. The van der Waals surface area contributed by atoms with Gasteiger partial charge in [0.1, 0.15) is 5.82 Å². The largest absolute Gasteiger partial charge is 0.461 e. The number of hydrogen-bond acceptors (Lipinski definition) is 3. The monoisotopic (exact) mass is 310 g/mol. The highest BCUT2D eigenvalue weighted by atomic mass is 19.1. The fraction of sp³-hybridized carbons (Fsp3) is 0.111. The number of esters is 1. The predicted octanol–water partition coefficient (Wildman–Crippen LogP) is 3.84. The van der Waals surface area contributed by atoms with Crippen LogP contribution in [0.25, 0.3) is 10.9 Å². The molecule has 0 spiro atoms. The molecule has 0 aliphatic rings. The second-order valence-corrected chi connectivity index (χ2v) is 4.92. The van der Waals surface area contributed by atoms with Crippen LogP contribution in [0.5, 0.6) is 0 Å². The molecule has 0 N–H and O–H groups in total. The lowest BCUT2D eigenvalue weighted by Gasteiger charge is -2.04. The molecule has 0 unspecified atom stereocenters. The number of fused-ring (bicyclic) bond motifs is 1. The molecule has 3 rings (SSSR count). The van der Waals surface area contributed by atoms with E-state index in [1.165, 1.54) is 16.8 Å². The highest BCUT2D eigenvalue weighted by Crippen LogP contribution is 2.20. The van der Waals surface area contributed by atoms with Gasteiger partial charge in [-0.15, -0.1) is 0 Å². The molecule has 0 aliphatic carbocycles. The number of para-hydroxylation sites is 1. The lowest BCUT2D eigenvalue weighted by Crippen LogP contribution is -2.09. The van der Waals surface area contributed by atoms with E-state index in [0.717, 1.165) is 16.5 Å². The van der Waals surface area contributed by atoms with E-state index in [-0.39, 0.29) is 5.82 Å². The lowest BCUT2D eigenvalue weighted by molar-refractivity contribution is 0.0515. The minimum Gasteiger partial charge on any atom is -0.461 e. The van der Waals surface area contributed by atoms with E-state index in [1.54, 1.807) is 31.3 Å². The Bertz CT molecular complexity index is 866. The quantitative estimate of drug-likeness (QED) is 0.543. The van der Waals surface area contributed by atoms with Crippen molar-refractivity contribution < 1.29 is 13.9 Å². The van der Waals surface area contributed by atoms with Crippen molar-refractivity contribution in [3.63, 3.8) is 0 Å². The number of carbonyl (C=O) groups is 1. The first kappa shape index (κ1) is 15.0. The van der Waals surface area contributed by atoms with Gasteiger partial charge in [0.05, 0.1) is 18.3 Å². The number of ether oxygens (including phenoxy) is 1. The molecule has 2 aromatic carbocycles. The number of carbonyl (C=O) groups excluding carboxylic acids is 1. The highest BCUT2D eigenvalue weighted by Gasteiger charge is 2.15. The van der Waals surface area contributed by atoms with Gasteiger partial charge in [-0.05, 0) is 36.8 Å². The van der Waals surface area contributed by atoms with E-state index >= 15 is 0 Å². The predicted molar refractivity (Wildman–Crippen MR) is 87.3 cm³/mol. The fourth-order valence-electron chi connectivity index (χ4n) is 2.29. The maximum absolute atomic E-state index is 13.0. The van der Waals surface area contributed by atoms with E-state index in [9.17, 15) is 9.18 Å². The zero-order valence-electron chi connectivity index (χ0n) is 12.6. The van der Waals surface area contributed by atoms with Gasteiger partial charge >= 0.3 is 5.97 Å². The molecule has 0 saturated heterocycles. The Balaban J connectivity index is 2.05. The topological polar surface area (TPSA) is 43.6 Å². The van der Waals surface area contributed by atoms with E-state index in [0.29, 0.717) is 12.3 Å². The smallest absolute Gasteiger partial charge is 0.357 e. The van der Waals surface area contributed by atoms with Gasteiger partial charge in [-0.2, -0.15) is 5.10 Å². The molecule has 4 nitrogen and oxygen atoms in total. The second kappa shape index (κ2) is 6.44. The maximum Gasteiger partial charge on any atom is 0.357 e. The standard InChI is InChI=1S/C18H15FN2O2/c1-2-23-18(22)17-11-14-5-3-4-6-16(14)21(17)20-12-13-7-9-15(19)10-8-13/h3-12H,2H2,1H3. The third kappa shape index (κ3) is 3.13. The van der Waals surface area contributed by atoms with Gasteiger partial charge in [0.15, 0.2) is 5.69 Å². The van der Waals surface area contributed by atoms with Crippen LogP contribution in [0.2, 0.25) is 0 Å². The molecule has 5 heteroatoms. The Labute approximate surface area is 132 Å². The summed E-state index contributed by atoms with van der Waals surface area (Å²) in [5.74, 6) is -0.735. The van der Waals surface area contributed by atoms with Gasteiger partial charge in [-0.1, -0.05) is 30.3 Å². The van der Waals surface area contributed by atoms with Gasteiger partial charge in [0, 0.05) is 5.39 Å². The molecule has 0 fully saturated rings. The Kier molecular flexibility index (Phi) is 4.19.